The maximum atomic E-state index is 12.9. The number of hydrogen-bond acceptors (Lipinski definition) is 4. The minimum Gasteiger partial charge on any atom is -0.353 e. The molecule has 2 aliphatic heterocycles. The summed E-state index contributed by atoms with van der Waals surface area (Å²) in [4.78, 5) is 15.3. The van der Waals surface area contributed by atoms with Crippen molar-refractivity contribution >= 4 is 5.91 Å². The van der Waals surface area contributed by atoms with E-state index in [0.29, 0.717) is 6.54 Å². The first-order chi connectivity index (χ1) is 13.3. The highest BCUT2D eigenvalue weighted by atomic mass is 16.2. The molecule has 0 bridgehead atoms. The summed E-state index contributed by atoms with van der Waals surface area (Å²) >= 11 is 0. The van der Waals surface area contributed by atoms with Gasteiger partial charge in [-0.25, -0.2) is 5.43 Å². The van der Waals surface area contributed by atoms with Gasteiger partial charge in [0.15, 0.2) is 0 Å². The summed E-state index contributed by atoms with van der Waals surface area (Å²) in [7, 11) is 0. The lowest BCUT2D eigenvalue weighted by Crippen LogP contribution is -2.47. The Labute approximate surface area is 161 Å². The van der Waals surface area contributed by atoms with Crippen LogP contribution in [0.5, 0.6) is 0 Å². The molecule has 1 amide bonds. The molecule has 2 unspecified atom stereocenters. The quantitative estimate of drug-likeness (QED) is 0.762. The molecule has 5 nitrogen and oxygen atoms in total. The Morgan fingerprint density at radius 2 is 1.67 bits per heavy atom. The van der Waals surface area contributed by atoms with E-state index in [0.717, 1.165) is 38.0 Å². The summed E-state index contributed by atoms with van der Waals surface area (Å²) in [6.07, 6.45) is 2.03. The lowest BCUT2D eigenvalue weighted by atomic mass is 9.93. The van der Waals surface area contributed by atoms with Crippen LogP contribution >= 0.6 is 0 Å². The van der Waals surface area contributed by atoms with Crippen molar-refractivity contribution in [2.75, 3.05) is 19.6 Å². The van der Waals surface area contributed by atoms with Gasteiger partial charge in [0.1, 0.15) is 0 Å². The summed E-state index contributed by atoms with van der Waals surface area (Å²) in [5, 5.41) is 3.30. The number of piperidine rings is 1. The monoisotopic (exact) mass is 364 g/mol. The first kappa shape index (κ1) is 18.2. The fourth-order valence-corrected chi connectivity index (χ4v) is 4.10. The van der Waals surface area contributed by atoms with Crippen molar-refractivity contribution in [3.05, 3.63) is 71.8 Å². The van der Waals surface area contributed by atoms with Gasteiger partial charge in [0.2, 0.25) is 5.91 Å². The molecule has 0 spiro atoms. The SMILES string of the molecule is O=C(NC1CCN(Cc2ccccc2)CC1)C1CNNC1c1ccccc1. The fraction of sp³-hybridized carbons (Fsp3) is 0.409. The van der Waals surface area contributed by atoms with E-state index in [9.17, 15) is 4.79 Å². The second kappa shape index (κ2) is 8.65. The summed E-state index contributed by atoms with van der Waals surface area (Å²) in [5.41, 5.74) is 8.92. The number of carbonyl (C=O) groups excluding carboxylic acids is 1. The predicted octanol–water partition coefficient (Wildman–Crippen LogP) is 2.23. The number of likely N-dealkylation sites (tertiary alicyclic amines) is 1. The lowest BCUT2D eigenvalue weighted by molar-refractivity contribution is -0.126. The first-order valence-corrected chi connectivity index (χ1v) is 9.89. The van der Waals surface area contributed by atoms with Gasteiger partial charge in [0.05, 0.1) is 12.0 Å². The standard InChI is InChI=1S/C22H28N4O/c27-22(20-15-23-25-21(20)18-9-5-2-6-10-18)24-19-11-13-26(14-12-19)16-17-7-3-1-4-8-17/h1-10,19-21,23,25H,11-16H2,(H,24,27). The van der Waals surface area contributed by atoms with Gasteiger partial charge in [-0.1, -0.05) is 60.7 Å². The van der Waals surface area contributed by atoms with Crippen molar-refractivity contribution in [3.8, 4) is 0 Å². The van der Waals surface area contributed by atoms with Crippen molar-refractivity contribution < 1.29 is 4.79 Å². The third kappa shape index (κ3) is 4.56. The fourth-order valence-electron chi connectivity index (χ4n) is 4.10. The molecule has 27 heavy (non-hydrogen) atoms. The number of nitrogens with one attached hydrogen (secondary N) is 3. The van der Waals surface area contributed by atoms with Crippen LogP contribution in [-0.2, 0) is 11.3 Å². The first-order valence-electron chi connectivity index (χ1n) is 9.89. The molecule has 0 aromatic heterocycles. The van der Waals surface area contributed by atoms with Crippen LogP contribution in [0.1, 0.15) is 30.0 Å². The molecule has 2 aromatic rings. The van der Waals surface area contributed by atoms with Gasteiger partial charge in [-0.2, -0.15) is 0 Å². The molecule has 142 valence electrons. The molecule has 2 atom stereocenters. The van der Waals surface area contributed by atoms with Crippen LogP contribution in [0.25, 0.3) is 0 Å². The van der Waals surface area contributed by atoms with Crippen LogP contribution in [0, 0.1) is 5.92 Å². The highest BCUT2D eigenvalue weighted by Gasteiger charge is 2.35. The molecule has 2 saturated heterocycles. The average Bonchev–Trinajstić information content (AvgIpc) is 3.21. The van der Waals surface area contributed by atoms with Crippen LogP contribution in [0.3, 0.4) is 0 Å². The minimum absolute atomic E-state index is 0.0318. The zero-order valence-corrected chi connectivity index (χ0v) is 15.6. The predicted molar refractivity (Wildman–Crippen MR) is 107 cm³/mol. The lowest BCUT2D eigenvalue weighted by Gasteiger charge is -2.33. The smallest absolute Gasteiger partial charge is 0.226 e. The Bertz CT molecular complexity index is 728. The van der Waals surface area contributed by atoms with Crippen LogP contribution in [0.4, 0.5) is 0 Å². The third-order valence-corrected chi connectivity index (χ3v) is 5.66. The number of hydrazine groups is 1. The molecule has 0 saturated carbocycles. The van der Waals surface area contributed by atoms with Crippen molar-refractivity contribution in [2.45, 2.75) is 31.5 Å². The number of nitrogens with zero attached hydrogens (tertiary/aromatic N) is 1. The van der Waals surface area contributed by atoms with E-state index in [4.69, 9.17) is 0 Å². The Kier molecular flexibility index (Phi) is 5.82. The van der Waals surface area contributed by atoms with Crippen molar-refractivity contribution in [1.29, 1.82) is 0 Å². The second-order valence-electron chi connectivity index (χ2n) is 7.56. The maximum Gasteiger partial charge on any atom is 0.226 e. The molecule has 2 fully saturated rings. The van der Waals surface area contributed by atoms with Crippen LogP contribution in [0.15, 0.2) is 60.7 Å². The van der Waals surface area contributed by atoms with Gasteiger partial charge < -0.3 is 5.32 Å². The van der Waals surface area contributed by atoms with Gasteiger partial charge in [-0.15, -0.1) is 0 Å². The molecule has 0 radical (unpaired) electrons. The van der Waals surface area contributed by atoms with E-state index in [1.807, 2.05) is 18.2 Å². The number of benzene rings is 2. The number of carbonyl (C=O) groups is 1. The third-order valence-electron chi connectivity index (χ3n) is 5.66. The Balaban J connectivity index is 1.28. The number of rotatable bonds is 5. The minimum atomic E-state index is -0.0743. The number of hydrogen-bond donors (Lipinski definition) is 3. The van der Waals surface area contributed by atoms with Crippen LogP contribution in [-0.4, -0.2) is 36.5 Å². The van der Waals surface area contributed by atoms with Gasteiger partial charge in [-0.3, -0.25) is 15.1 Å². The summed E-state index contributed by atoms with van der Waals surface area (Å²) in [5.74, 6) is 0.0811. The molecule has 2 aliphatic rings. The Morgan fingerprint density at radius 1 is 1.00 bits per heavy atom. The molecule has 3 N–H and O–H groups in total. The molecule has 2 heterocycles. The molecule has 4 rings (SSSR count). The zero-order chi connectivity index (χ0) is 18.5. The van der Waals surface area contributed by atoms with E-state index in [-0.39, 0.29) is 23.9 Å². The van der Waals surface area contributed by atoms with Crippen molar-refractivity contribution in [1.82, 2.24) is 21.1 Å². The summed E-state index contributed by atoms with van der Waals surface area (Å²) in [6.45, 7) is 3.72. The summed E-state index contributed by atoms with van der Waals surface area (Å²) in [6, 6.07) is 21.1. The summed E-state index contributed by atoms with van der Waals surface area (Å²) < 4.78 is 0. The molecular formula is C22H28N4O. The van der Waals surface area contributed by atoms with Gasteiger partial charge in [-0.05, 0) is 24.0 Å². The molecule has 5 heteroatoms. The number of amides is 1. The van der Waals surface area contributed by atoms with Crippen molar-refractivity contribution in [2.24, 2.45) is 5.92 Å². The Morgan fingerprint density at radius 3 is 2.37 bits per heavy atom. The van der Waals surface area contributed by atoms with Crippen LogP contribution in [0.2, 0.25) is 0 Å². The van der Waals surface area contributed by atoms with Gasteiger partial charge in [0, 0.05) is 32.2 Å². The molecular weight excluding hydrogens is 336 g/mol. The average molecular weight is 364 g/mol. The van der Waals surface area contributed by atoms with E-state index in [2.05, 4.69) is 63.5 Å². The highest BCUT2D eigenvalue weighted by Crippen LogP contribution is 2.25. The largest absolute Gasteiger partial charge is 0.353 e. The highest BCUT2D eigenvalue weighted by molar-refractivity contribution is 5.80. The Hall–Kier alpha value is -2.21. The molecule has 0 aliphatic carbocycles. The van der Waals surface area contributed by atoms with Crippen LogP contribution < -0.4 is 16.2 Å². The normalized spacial score (nSPS) is 24.0. The topological polar surface area (TPSA) is 56.4 Å². The van der Waals surface area contributed by atoms with E-state index in [1.165, 1.54) is 5.56 Å². The maximum absolute atomic E-state index is 12.9. The van der Waals surface area contributed by atoms with E-state index >= 15 is 0 Å². The van der Waals surface area contributed by atoms with Gasteiger partial charge in [0.25, 0.3) is 0 Å². The second-order valence-corrected chi connectivity index (χ2v) is 7.56. The van der Waals surface area contributed by atoms with Crippen molar-refractivity contribution in [3.63, 3.8) is 0 Å². The van der Waals surface area contributed by atoms with Gasteiger partial charge >= 0.3 is 0 Å². The zero-order valence-electron chi connectivity index (χ0n) is 15.6. The molecule has 2 aromatic carbocycles. The van der Waals surface area contributed by atoms with E-state index < -0.39 is 0 Å². The van der Waals surface area contributed by atoms with E-state index in [1.54, 1.807) is 0 Å².